The van der Waals surface area contributed by atoms with E-state index in [-0.39, 0.29) is 16.0 Å². The molecule has 3 nitrogen and oxygen atoms in total. The van der Waals surface area contributed by atoms with Crippen LogP contribution < -0.4 is 10.6 Å². The normalized spacial score (nSPS) is 21.8. The maximum Gasteiger partial charge on any atom is 0.369 e. The van der Waals surface area contributed by atoms with Crippen molar-refractivity contribution in [3.8, 4) is 0 Å². The number of hydrogen-bond donors (Lipinski definition) is 0. The van der Waals surface area contributed by atoms with Crippen LogP contribution in [0.15, 0.2) is 22.1 Å². The molecule has 0 fully saturated rings. The lowest BCUT2D eigenvalue weighted by Crippen LogP contribution is -2.16. The van der Waals surface area contributed by atoms with Crippen LogP contribution in [0.1, 0.15) is 16.8 Å². The summed E-state index contributed by atoms with van der Waals surface area (Å²) >= 11 is 0. The van der Waals surface area contributed by atoms with Gasteiger partial charge in [-0.25, -0.2) is 4.79 Å². The van der Waals surface area contributed by atoms with Crippen LogP contribution >= 0.6 is 0 Å². The maximum atomic E-state index is 12.0. The van der Waals surface area contributed by atoms with E-state index in [2.05, 4.69) is 9.98 Å². The molecule has 0 saturated carbocycles. The van der Waals surface area contributed by atoms with Crippen molar-refractivity contribution < 1.29 is 4.79 Å². The molecule has 0 radical (unpaired) electrons. The monoisotopic (exact) mass is 231 g/mol. The second-order valence-corrected chi connectivity index (χ2v) is 5.56. The molecule has 1 aromatic rings. The molecule has 2 heterocycles. The van der Waals surface area contributed by atoms with Gasteiger partial charge in [-0.3, -0.25) is 9.98 Å². The van der Waals surface area contributed by atoms with Crippen molar-refractivity contribution in [2.24, 2.45) is 9.98 Å². The molecule has 0 spiro atoms. The van der Waals surface area contributed by atoms with Gasteiger partial charge in [0.2, 0.25) is 0 Å². The van der Waals surface area contributed by atoms with E-state index in [9.17, 15) is 4.79 Å². The highest BCUT2D eigenvalue weighted by Gasteiger charge is 2.34. The van der Waals surface area contributed by atoms with Crippen molar-refractivity contribution in [2.75, 3.05) is 12.8 Å². The van der Waals surface area contributed by atoms with Gasteiger partial charge in [-0.2, -0.15) is 0 Å². The molecule has 80 valence electrons. The van der Waals surface area contributed by atoms with E-state index < -0.39 is 0 Å². The van der Waals surface area contributed by atoms with Gasteiger partial charge >= 0.3 is 5.12 Å². The highest BCUT2D eigenvalue weighted by atomic mass is 32.2. The number of hydrogen-bond acceptors (Lipinski definition) is 3. The first-order valence-corrected chi connectivity index (χ1v) is 6.88. The number of fused-ring (bicyclic) bond motifs is 3. The van der Waals surface area contributed by atoms with E-state index in [1.165, 1.54) is 0 Å². The molecule has 0 bridgehead atoms. The number of aliphatic imine (C=N–C) groups is 1. The number of rotatable bonds is 0. The minimum Gasteiger partial charge on any atom is -0.283 e. The van der Waals surface area contributed by atoms with Crippen LogP contribution in [0.2, 0.25) is 0 Å². The Balaban J connectivity index is 2.39. The maximum absolute atomic E-state index is 12.0. The molecule has 0 N–H and O–H groups in total. The molecule has 1 atom stereocenters. The average Bonchev–Trinajstić information content (AvgIpc) is 2.50. The van der Waals surface area contributed by atoms with E-state index in [1.807, 2.05) is 30.0 Å². The lowest BCUT2D eigenvalue weighted by atomic mass is 10.1. The van der Waals surface area contributed by atoms with Gasteiger partial charge in [-0.15, -0.1) is 0 Å². The summed E-state index contributed by atoms with van der Waals surface area (Å²) in [7, 11) is -0.297. The molecule has 0 saturated heterocycles. The Bertz CT molecular complexity index is 619. The standard InChI is InChI=1S/C12H11N2OS/c1-16-7-8-3-4-9-11(10(8)12(16)15)14-6-2-5-13-9/h3-4,6-7H,2,5H2,1H3/q+1. The minimum absolute atomic E-state index is 0.195. The highest BCUT2D eigenvalue weighted by Crippen LogP contribution is 2.19. The Morgan fingerprint density at radius 2 is 2.25 bits per heavy atom. The predicted molar refractivity (Wildman–Crippen MR) is 66.9 cm³/mol. The third-order valence-electron chi connectivity index (χ3n) is 2.75. The molecule has 1 aromatic carbocycles. The van der Waals surface area contributed by atoms with Crippen LogP contribution in [0.4, 0.5) is 5.69 Å². The van der Waals surface area contributed by atoms with Crippen molar-refractivity contribution in [3.63, 3.8) is 0 Å². The van der Waals surface area contributed by atoms with Gasteiger partial charge in [-0.1, -0.05) is 0 Å². The van der Waals surface area contributed by atoms with Gasteiger partial charge in [0.15, 0.2) is 0 Å². The predicted octanol–water partition coefficient (Wildman–Crippen LogP) is 0.552. The highest BCUT2D eigenvalue weighted by molar-refractivity contribution is 8.17. The Hall–Kier alpha value is -1.42. The molecule has 0 aromatic heterocycles. The Labute approximate surface area is 96.0 Å². The SMILES string of the molecule is C[S+]1C=c2ccc3c(c2C1=O)N=CCCN=3. The van der Waals surface area contributed by atoms with Crippen LogP contribution in [0.25, 0.3) is 5.41 Å². The third kappa shape index (κ3) is 1.33. The van der Waals surface area contributed by atoms with Gasteiger partial charge in [0, 0.05) is 24.4 Å². The molecule has 16 heavy (non-hydrogen) atoms. The van der Waals surface area contributed by atoms with Crippen LogP contribution in [-0.4, -0.2) is 24.1 Å². The molecular formula is C12H11N2OS+. The fraction of sp³-hybridized carbons (Fsp3) is 0.250. The molecule has 2 aliphatic heterocycles. The number of benzene rings is 1. The average molecular weight is 231 g/mol. The van der Waals surface area contributed by atoms with Crippen molar-refractivity contribution in [2.45, 2.75) is 6.42 Å². The Kier molecular flexibility index (Phi) is 2.17. The zero-order valence-electron chi connectivity index (χ0n) is 8.93. The van der Waals surface area contributed by atoms with E-state index in [4.69, 9.17) is 0 Å². The van der Waals surface area contributed by atoms with Gasteiger partial charge < -0.3 is 0 Å². The molecule has 3 rings (SSSR count). The summed E-state index contributed by atoms with van der Waals surface area (Å²) < 4.78 is 0. The number of carbonyl (C=O) groups excluding carboxylic acids is 1. The van der Waals surface area contributed by atoms with Crippen molar-refractivity contribution >= 4 is 33.3 Å². The summed E-state index contributed by atoms with van der Waals surface area (Å²) in [5, 5.41) is 4.09. The first-order chi connectivity index (χ1) is 7.77. The van der Waals surface area contributed by atoms with Crippen molar-refractivity contribution in [1.82, 2.24) is 0 Å². The molecular weight excluding hydrogens is 220 g/mol. The van der Waals surface area contributed by atoms with Crippen LogP contribution in [-0.2, 0) is 10.9 Å². The number of nitrogens with zero attached hydrogens (tertiary/aromatic N) is 2. The fourth-order valence-corrected chi connectivity index (χ4v) is 3.19. The first kappa shape index (κ1) is 9.78. The molecule has 4 heteroatoms. The summed E-state index contributed by atoms with van der Waals surface area (Å²) in [4.78, 5) is 20.9. The first-order valence-electron chi connectivity index (χ1n) is 5.18. The van der Waals surface area contributed by atoms with Gasteiger partial charge in [0.1, 0.15) is 22.9 Å². The fourth-order valence-electron chi connectivity index (χ4n) is 1.97. The van der Waals surface area contributed by atoms with Crippen LogP contribution in [0, 0.1) is 0 Å². The van der Waals surface area contributed by atoms with Crippen LogP contribution in [0.3, 0.4) is 0 Å². The summed E-state index contributed by atoms with van der Waals surface area (Å²) in [6.07, 6.45) is 4.65. The Morgan fingerprint density at radius 3 is 3.12 bits per heavy atom. The van der Waals surface area contributed by atoms with Gasteiger partial charge in [0.25, 0.3) is 0 Å². The minimum atomic E-state index is -0.297. The quantitative estimate of drug-likeness (QED) is 0.601. The smallest absolute Gasteiger partial charge is 0.283 e. The third-order valence-corrected chi connectivity index (χ3v) is 4.15. The van der Waals surface area contributed by atoms with E-state index in [1.54, 1.807) is 0 Å². The van der Waals surface area contributed by atoms with E-state index in [0.29, 0.717) is 0 Å². The summed E-state index contributed by atoms with van der Waals surface area (Å²) in [5.74, 6) is 0. The Morgan fingerprint density at radius 1 is 1.38 bits per heavy atom. The molecule has 0 amide bonds. The summed E-state index contributed by atoms with van der Waals surface area (Å²) in [6, 6.07) is 3.94. The van der Waals surface area contributed by atoms with E-state index in [0.717, 1.165) is 34.8 Å². The lowest BCUT2D eigenvalue weighted by molar-refractivity contribution is 0.108. The van der Waals surface area contributed by atoms with Gasteiger partial charge in [0.05, 0.1) is 16.3 Å². The zero-order valence-corrected chi connectivity index (χ0v) is 9.75. The summed E-state index contributed by atoms with van der Waals surface area (Å²) in [5.41, 5.74) is 1.54. The van der Waals surface area contributed by atoms with Crippen molar-refractivity contribution in [1.29, 1.82) is 0 Å². The zero-order chi connectivity index (χ0) is 11.1. The van der Waals surface area contributed by atoms with E-state index >= 15 is 0 Å². The lowest BCUT2D eigenvalue weighted by Gasteiger charge is -1.96. The number of carbonyl (C=O) groups is 1. The topological polar surface area (TPSA) is 41.8 Å². The van der Waals surface area contributed by atoms with Crippen LogP contribution in [0.5, 0.6) is 0 Å². The van der Waals surface area contributed by atoms with Crippen molar-refractivity contribution in [3.05, 3.63) is 28.3 Å². The molecule has 0 aliphatic carbocycles. The molecule has 1 unspecified atom stereocenters. The molecule has 2 aliphatic rings. The largest absolute Gasteiger partial charge is 0.369 e. The second-order valence-electron chi connectivity index (χ2n) is 3.84. The summed E-state index contributed by atoms with van der Waals surface area (Å²) in [6.45, 7) is 0.755. The second kappa shape index (κ2) is 3.56. The van der Waals surface area contributed by atoms with Gasteiger partial charge in [-0.05, 0) is 12.1 Å².